The van der Waals surface area contributed by atoms with E-state index in [1.54, 1.807) is 11.8 Å². The number of hydrogen-bond acceptors (Lipinski definition) is 8. The lowest BCUT2D eigenvalue weighted by Gasteiger charge is -2.18. The van der Waals surface area contributed by atoms with Gasteiger partial charge in [-0.25, -0.2) is 9.78 Å². The minimum absolute atomic E-state index is 0. The monoisotopic (exact) mass is 482 g/mol. The van der Waals surface area contributed by atoms with Gasteiger partial charge in [0.1, 0.15) is 10.6 Å². The van der Waals surface area contributed by atoms with E-state index < -0.39 is 5.97 Å². The molecular weight excluding hydrogens is 464 g/mol. The van der Waals surface area contributed by atoms with Crippen molar-refractivity contribution < 1.29 is 19.4 Å². The van der Waals surface area contributed by atoms with Crippen LogP contribution < -0.4 is 21.3 Å². The Kier molecular flexibility index (Phi) is 6.90. The normalized spacial score (nSPS) is 16.2. The Morgan fingerprint density at radius 2 is 2.16 bits per heavy atom. The van der Waals surface area contributed by atoms with E-state index in [-0.39, 0.29) is 41.6 Å². The number of H-pyrrole nitrogens is 1. The number of hydrogen-bond donors (Lipinski definition) is 4. The van der Waals surface area contributed by atoms with Crippen molar-refractivity contribution in [3.05, 3.63) is 50.4 Å². The second-order valence-electron chi connectivity index (χ2n) is 6.66. The number of carboxylic acids is 1. The fraction of sp³-hybridized carbons (Fsp3) is 0.263. The minimum atomic E-state index is -1.21. The van der Waals surface area contributed by atoms with Gasteiger partial charge in [0.25, 0.3) is 11.5 Å². The van der Waals surface area contributed by atoms with Crippen LogP contribution in [0.5, 0.6) is 5.75 Å². The van der Waals surface area contributed by atoms with Crippen molar-refractivity contribution in [2.75, 3.05) is 11.9 Å². The Hall–Kier alpha value is -2.60. The maximum Gasteiger partial charge on any atom is 0.372 e. The van der Waals surface area contributed by atoms with Gasteiger partial charge in [0, 0.05) is 22.4 Å². The molecule has 2 aromatic heterocycles. The smallest absolute Gasteiger partial charge is 0.372 e. The zero-order chi connectivity index (χ0) is 21.4. The lowest BCUT2D eigenvalue weighted by Crippen LogP contribution is -2.25. The van der Waals surface area contributed by atoms with E-state index >= 15 is 0 Å². The van der Waals surface area contributed by atoms with Gasteiger partial charge in [-0.15, -0.1) is 35.5 Å². The van der Waals surface area contributed by atoms with Gasteiger partial charge in [-0.2, -0.15) is 0 Å². The summed E-state index contributed by atoms with van der Waals surface area (Å²) < 4.78 is 5.18. The second-order valence-corrected chi connectivity index (χ2v) is 9.08. The van der Waals surface area contributed by atoms with Crippen molar-refractivity contribution in [3.8, 4) is 5.75 Å². The summed E-state index contributed by atoms with van der Waals surface area (Å²) >= 11 is 3.20. The van der Waals surface area contributed by atoms with E-state index in [0.29, 0.717) is 28.2 Å². The molecule has 1 aromatic carbocycles. The number of thiophene rings is 1. The maximum atomic E-state index is 11.9. The first-order valence-electron chi connectivity index (χ1n) is 9.03. The van der Waals surface area contributed by atoms with Crippen LogP contribution in [0.15, 0.2) is 23.0 Å². The number of nitrogens with zero attached hydrogens (tertiary/aromatic N) is 1. The number of ether oxygens (including phenoxy) is 1. The molecule has 3 aromatic rings. The van der Waals surface area contributed by atoms with E-state index in [4.69, 9.17) is 15.6 Å². The molecule has 1 amide bonds. The zero-order valence-corrected chi connectivity index (χ0v) is 18.7. The van der Waals surface area contributed by atoms with Gasteiger partial charge >= 0.3 is 5.97 Å². The van der Waals surface area contributed by atoms with Crippen LogP contribution in [0.25, 0.3) is 10.2 Å². The molecule has 1 unspecified atom stereocenters. The summed E-state index contributed by atoms with van der Waals surface area (Å²) in [5.74, 6) is -0.0412. The van der Waals surface area contributed by atoms with Gasteiger partial charge in [0.2, 0.25) is 5.82 Å². The summed E-state index contributed by atoms with van der Waals surface area (Å²) in [5, 5.41) is 12.4. The number of halogens is 1. The molecule has 0 fully saturated rings. The molecule has 5 N–H and O–H groups in total. The van der Waals surface area contributed by atoms with Gasteiger partial charge < -0.3 is 25.9 Å². The van der Waals surface area contributed by atoms with Gasteiger partial charge in [0.15, 0.2) is 6.61 Å². The van der Waals surface area contributed by atoms with Gasteiger partial charge in [-0.1, -0.05) is 6.07 Å². The van der Waals surface area contributed by atoms with Crippen LogP contribution in [0, 0.1) is 0 Å². The number of fused-ring (bicyclic) bond motifs is 4. The fourth-order valence-electron chi connectivity index (χ4n) is 3.25. The Morgan fingerprint density at radius 1 is 1.39 bits per heavy atom. The highest BCUT2D eigenvalue weighted by molar-refractivity contribution is 7.99. The summed E-state index contributed by atoms with van der Waals surface area (Å²) in [7, 11) is 0. The average Bonchev–Trinajstić information content (AvgIpc) is 3.27. The molecule has 1 atom stereocenters. The van der Waals surface area contributed by atoms with Crippen LogP contribution >= 0.6 is 35.5 Å². The van der Waals surface area contributed by atoms with Gasteiger partial charge in [-0.3, -0.25) is 9.59 Å². The number of nitrogens with two attached hydrogens (primary N) is 1. The largest absolute Gasteiger partial charge is 0.482 e. The molecule has 0 saturated carbocycles. The van der Waals surface area contributed by atoms with E-state index in [2.05, 4.69) is 15.3 Å². The van der Waals surface area contributed by atoms with E-state index in [9.17, 15) is 14.4 Å². The number of nitrogens with one attached hydrogen (secondary N) is 2. The Morgan fingerprint density at radius 3 is 2.87 bits per heavy atom. The molecular formula is C19H19ClN4O5S2. The summed E-state index contributed by atoms with van der Waals surface area (Å²) in [6.07, 6.45) is 0. The van der Waals surface area contributed by atoms with Crippen LogP contribution in [0.4, 0.5) is 5.69 Å². The predicted molar refractivity (Wildman–Crippen MR) is 123 cm³/mol. The topological polar surface area (TPSA) is 147 Å². The van der Waals surface area contributed by atoms with Crippen LogP contribution in [-0.4, -0.2) is 33.6 Å². The molecule has 4 heterocycles. The molecule has 9 nitrogen and oxygen atoms in total. The number of rotatable bonds is 2. The zero-order valence-electron chi connectivity index (χ0n) is 16.3. The van der Waals surface area contributed by atoms with Crippen LogP contribution in [0.1, 0.15) is 38.8 Å². The summed E-state index contributed by atoms with van der Waals surface area (Å²) in [4.78, 5) is 41.6. The Bertz CT molecular complexity index is 1230. The van der Waals surface area contributed by atoms with Crippen LogP contribution in [0.2, 0.25) is 0 Å². The Labute approximate surface area is 190 Å². The van der Waals surface area contributed by atoms with E-state index in [0.717, 1.165) is 21.8 Å². The number of thioether (sulfide) groups is 1. The molecule has 164 valence electrons. The average molecular weight is 483 g/mol. The first kappa shape index (κ1) is 23.1. The highest BCUT2D eigenvalue weighted by atomic mass is 35.5. The summed E-state index contributed by atoms with van der Waals surface area (Å²) in [6, 6.07) is 5.53. The van der Waals surface area contributed by atoms with Crippen molar-refractivity contribution in [3.63, 3.8) is 0 Å². The SMILES string of the molecule is CC1SCc2sc3nc(C(=O)O)[nH]c(=O)c3c21.Cl.NCc1ccc2c(c1)NC(=O)CO2. The number of aromatic nitrogens is 2. The summed E-state index contributed by atoms with van der Waals surface area (Å²) in [5.41, 5.74) is 7.83. The lowest BCUT2D eigenvalue weighted by molar-refractivity contribution is -0.118. The van der Waals surface area contributed by atoms with Crippen molar-refractivity contribution >= 4 is 63.3 Å². The number of carbonyl (C=O) groups is 2. The molecule has 12 heteroatoms. The number of carbonyl (C=O) groups excluding carboxylic acids is 1. The molecule has 31 heavy (non-hydrogen) atoms. The number of amides is 1. The molecule has 2 aliphatic heterocycles. The number of benzene rings is 1. The second kappa shape index (κ2) is 9.27. The maximum absolute atomic E-state index is 11.9. The molecule has 0 aliphatic carbocycles. The van der Waals surface area contributed by atoms with Crippen molar-refractivity contribution in [2.24, 2.45) is 5.73 Å². The van der Waals surface area contributed by atoms with Crippen molar-refractivity contribution in [1.82, 2.24) is 9.97 Å². The minimum Gasteiger partial charge on any atom is -0.482 e. The Balaban J connectivity index is 0.000000176. The molecule has 0 saturated heterocycles. The number of aromatic carboxylic acids is 1. The first-order valence-corrected chi connectivity index (χ1v) is 10.9. The van der Waals surface area contributed by atoms with Crippen LogP contribution in [-0.2, 0) is 17.1 Å². The third kappa shape index (κ3) is 4.54. The third-order valence-corrected chi connectivity index (χ3v) is 7.14. The molecule has 0 bridgehead atoms. The van der Waals surface area contributed by atoms with Gasteiger partial charge in [0.05, 0.1) is 11.1 Å². The van der Waals surface area contributed by atoms with Gasteiger partial charge in [-0.05, 0) is 30.2 Å². The molecule has 0 spiro atoms. The predicted octanol–water partition coefficient (Wildman–Crippen LogP) is 2.89. The number of carboxylic acid groups (broad SMARTS) is 1. The molecule has 2 aliphatic rings. The van der Waals surface area contributed by atoms with Crippen molar-refractivity contribution in [2.45, 2.75) is 24.5 Å². The number of aromatic amines is 1. The van der Waals surface area contributed by atoms with Crippen LogP contribution in [0.3, 0.4) is 0 Å². The quantitative estimate of drug-likeness (QED) is 0.435. The van der Waals surface area contributed by atoms with E-state index in [1.807, 2.05) is 25.1 Å². The molecule has 0 radical (unpaired) electrons. The standard InChI is InChI=1S/C10H8N2O3S2.C9H10N2O2.ClH/c1-3-5-4(2-16-3)17-9-6(5)8(13)11-7(12-9)10(14)15;10-4-6-1-2-8-7(3-6)11-9(12)5-13-8;/h3H,2H2,1H3,(H,14,15)(H,11,12,13);1-3H,4-5,10H2,(H,11,12);1H. The number of anilines is 1. The first-order chi connectivity index (χ1) is 14.4. The third-order valence-electron chi connectivity index (χ3n) is 4.66. The summed E-state index contributed by atoms with van der Waals surface area (Å²) in [6.45, 7) is 2.60. The molecule has 5 rings (SSSR count). The van der Waals surface area contributed by atoms with E-state index in [1.165, 1.54) is 11.3 Å². The lowest BCUT2D eigenvalue weighted by atomic mass is 10.1. The van der Waals surface area contributed by atoms with Crippen molar-refractivity contribution in [1.29, 1.82) is 0 Å². The highest BCUT2D eigenvalue weighted by Gasteiger charge is 2.27. The highest BCUT2D eigenvalue weighted by Crippen LogP contribution is 2.47. The fourth-order valence-corrected chi connectivity index (χ4v) is 5.82.